The molecule has 1 unspecified atom stereocenters. The van der Waals surface area contributed by atoms with Gasteiger partial charge in [-0.25, -0.2) is 0 Å². The molecule has 1 atom stereocenters. The first-order valence-corrected chi connectivity index (χ1v) is 8.64. The molecule has 2 nitrogen and oxygen atoms in total. The molecule has 1 aliphatic heterocycles. The lowest BCUT2D eigenvalue weighted by Gasteiger charge is -2.46. The summed E-state index contributed by atoms with van der Waals surface area (Å²) in [6.45, 7) is 10.4. The van der Waals surface area contributed by atoms with Gasteiger partial charge in [-0.1, -0.05) is 37.1 Å². The number of halogens is 1. The van der Waals surface area contributed by atoms with Crippen LogP contribution in [0, 0.1) is 0 Å². The van der Waals surface area contributed by atoms with Gasteiger partial charge < -0.3 is 5.32 Å². The minimum absolute atomic E-state index is 0.177. The van der Waals surface area contributed by atoms with E-state index in [1.165, 1.54) is 37.9 Å². The van der Waals surface area contributed by atoms with Gasteiger partial charge in [0.2, 0.25) is 0 Å². The summed E-state index contributed by atoms with van der Waals surface area (Å²) in [7, 11) is 0. The quantitative estimate of drug-likeness (QED) is 0.850. The van der Waals surface area contributed by atoms with E-state index in [1.807, 2.05) is 12.1 Å². The minimum Gasteiger partial charge on any atom is -0.312 e. The largest absolute Gasteiger partial charge is 0.312 e. The van der Waals surface area contributed by atoms with E-state index in [2.05, 4.69) is 43.1 Å². The highest BCUT2D eigenvalue weighted by molar-refractivity contribution is 6.30. The predicted molar refractivity (Wildman–Crippen MR) is 92.1 cm³/mol. The molecule has 0 saturated carbocycles. The highest BCUT2D eigenvalue weighted by Crippen LogP contribution is 2.26. The molecule has 1 heterocycles. The summed E-state index contributed by atoms with van der Waals surface area (Å²) in [5.41, 5.74) is 1.53. The van der Waals surface area contributed by atoms with Crippen LogP contribution in [0.25, 0.3) is 0 Å². The Morgan fingerprint density at radius 3 is 2.33 bits per heavy atom. The maximum Gasteiger partial charge on any atom is 0.0406 e. The maximum absolute atomic E-state index is 6.00. The van der Waals surface area contributed by atoms with Gasteiger partial charge >= 0.3 is 0 Å². The van der Waals surface area contributed by atoms with Crippen molar-refractivity contribution in [3.05, 3.63) is 34.9 Å². The first-order valence-electron chi connectivity index (χ1n) is 8.27. The molecular formula is C18H29ClN2. The van der Waals surface area contributed by atoms with Crippen LogP contribution in [-0.2, 0) is 6.42 Å². The highest BCUT2D eigenvalue weighted by Gasteiger charge is 2.35. The number of piperidine rings is 1. The third kappa shape index (κ3) is 4.45. The molecule has 1 aromatic rings. The molecule has 1 aromatic carbocycles. The summed E-state index contributed by atoms with van der Waals surface area (Å²) in [6, 6.07) is 8.75. The summed E-state index contributed by atoms with van der Waals surface area (Å²) < 4.78 is 0. The van der Waals surface area contributed by atoms with Crippen molar-refractivity contribution in [2.24, 2.45) is 0 Å². The Morgan fingerprint density at radius 2 is 1.76 bits per heavy atom. The van der Waals surface area contributed by atoms with Crippen LogP contribution in [0.15, 0.2) is 24.3 Å². The SMILES string of the molecule is CCNC(Cc1ccc(Cl)cc1)C(C)(C)N1CCCCC1. The summed E-state index contributed by atoms with van der Waals surface area (Å²) in [4.78, 5) is 2.67. The molecule has 0 spiro atoms. The van der Waals surface area contributed by atoms with Crippen LogP contribution in [-0.4, -0.2) is 36.1 Å². The molecular weight excluding hydrogens is 280 g/mol. The highest BCUT2D eigenvalue weighted by atomic mass is 35.5. The topological polar surface area (TPSA) is 15.3 Å². The fourth-order valence-corrected chi connectivity index (χ4v) is 3.49. The molecule has 1 aliphatic rings. The van der Waals surface area contributed by atoms with Crippen LogP contribution >= 0.6 is 11.6 Å². The average molecular weight is 309 g/mol. The second-order valence-electron chi connectivity index (χ2n) is 6.64. The van der Waals surface area contributed by atoms with Crippen LogP contribution in [0.4, 0.5) is 0 Å². The Labute approximate surface area is 134 Å². The van der Waals surface area contributed by atoms with Crippen molar-refractivity contribution in [1.29, 1.82) is 0 Å². The van der Waals surface area contributed by atoms with Crippen molar-refractivity contribution in [1.82, 2.24) is 10.2 Å². The van der Waals surface area contributed by atoms with Gasteiger partial charge in [-0.3, -0.25) is 4.90 Å². The third-order valence-electron chi connectivity index (χ3n) is 4.83. The van der Waals surface area contributed by atoms with Crippen molar-refractivity contribution in [2.75, 3.05) is 19.6 Å². The van der Waals surface area contributed by atoms with E-state index >= 15 is 0 Å². The molecule has 118 valence electrons. The molecule has 0 bridgehead atoms. The summed E-state index contributed by atoms with van der Waals surface area (Å²) in [5.74, 6) is 0. The second-order valence-corrected chi connectivity index (χ2v) is 7.08. The first kappa shape index (κ1) is 16.8. The average Bonchev–Trinajstić information content (AvgIpc) is 2.50. The fraction of sp³-hybridized carbons (Fsp3) is 0.667. The Hall–Kier alpha value is -0.570. The van der Waals surface area contributed by atoms with E-state index in [1.54, 1.807) is 0 Å². The fourth-order valence-electron chi connectivity index (χ4n) is 3.36. The van der Waals surface area contributed by atoms with Gasteiger partial charge in [0, 0.05) is 16.6 Å². The van der Waals surface area contributed by atoms with Crippen molar-refractivity contribution < 1.29 is 0 Å². The minimum atomic E-state index is 0.177. The van der Waals surface area contributed by atoms with Gasteiger partial charge in [0.25, 0.3) is 0 Å². The molecule has 0 amide bonds. The molecule has 0 aromatic heterocycles. The van der Waals surface area contributed by atoms with Crippen LogP contribution in [0.5, 0.6) is 0 Å². The van der Waals surface area contributed by atoms with Crippen LogP contribution in [0.2, 0.25) is 5.02 Å². The van der Waals surface area contributed by atoms with E-state index in [9.17, 15) is 0 Å². The normalized spacial score (nSPS) is 18.7. The van der Waals surface area contributed by atoms with Crippen LogP contribution in [0.1, 0.15) is 45.6 Å². The summed E-state index contributed by atoms with van der Waals surface area (Å²) in [6.07, 6.45) is 5.11. The number of rotatable bonds is 6. The summed E-state index contributed by atoms with van der Waals surface area (Å²) >= 11 is 6.00. The van der Waals surface area contributed by atoms with Crippen molar-refractivity contribution >= 4 is 11.6 Å². The molecule has 2 rings (SSSR count). The number of hydrogen-bond donors (Lipinski definition) is 1. The van der Waals surface area contributed by atoms with Crippen molar-refractivity contribution in [2.45, 2.75) is 58.0 Å². The van der Waals surface area contributed by atoms with E-state index in [0.29, 0.717) is 6.04 Å². The smallest absolute Gasteiger partial charge is 0.0406 e. The van der Waals surface area contributed by atoms with Gasteiger partial charge in [0.1, 0.15) is 0 Å². The molecule has 1 saturated heterocycles. The molecule has 3 heteroatoms. The van der Waals surface area contributed by atoms with Gasteiger partial charge in [-0.15, -0.1) is 0 Å². The Morgan fingerprint density at radius 1 is 1.14 bits per heavy atom. The van der Waals surface area contributed by atoms with Gasteiger partial charge in [-0.05, 0) is 70.4 Å². The number of nitrogens with zero attached hydrogens (tertiary/aromatic N) is 1. The lowest BCUT2D eigenvalue weighted by Crippen LogP contribution is -2.59. The Kier molecular flexibility index (Phi) is 6.09. The van der Waals surface area contributed by atoms with E-state index in [0.717, 1.165) is 18.0 Å². The predicted octanol–water partition coefficient (Wildman–Crippen LogP) is 4.13. The zero-order valence-electron chi connectivity index (χ0n) is 13.7. The van der Waals surface area contributed by atoms with Gasteiger partial charge in [-0.2, -0.15) is 0 Å². The van der Waals surface area contributed by atoms with Crippen molar-refractivity contribution in [3.63, 3.8) is 0 Å². The summed E-state index contributed by atoms with van der Waals surface area (Å²) in [5, 5.41) is 4.52. The number of hydrogen-bond acceptors (Lipinski definition) is 2. The first-order chi connectivity index (χ1) is 10.0. The number of likely N-dealkylation sites (tertiary alicyclic amines) is 1. The number of benzene rings is 1. The number of likely N-dealkylation sites (N-methyl/N-ethyl adjacent to an activating group) is 1. The van der Waals surface area contributed by atoms with E-state index < -0.39 is 0 Å². The van der Waals surface area contributed by atoms with Gasteiger partial charge in [0.15, 0.2) is 0 Å². The monoisotopic (exact) mass is 308 g/mol. The number of nitrogens with one attached hydrogen (secondary N) is 1. The Bertz CT molecular complexity index is 421. The second kappa shape index (κ2) is 7.62. The third-order valence-corrected chi connectivity index (χ3v) is 5.08. The van der Waals surface area contributed by atoms with E-state index in [-0.39, 0.29) is 5.54 Å². The Balaban J connectivity index is 2.10. The maximum atomic E-state index is 6.00. The van der Waals surface area contributed by atoms with Gasteiger partial charge in [0.05, 0.1) is 0 Å². The lowest BCUT2D eigenvalue weighted by atomic mass is 9.86. The van der Waals surface area contributed by atoms with Crippen molar-refractivity contribution in [3.8, 4) is 0 Å². The molecule has 0 aliphatic carbocycles. The van der Waals surface area contributed by atoms with Crippen LogP contribution < -0.4 is 5.32 Å². The zero-order valence-corrected chi connectivity index (χ0v) is 14.4. The molecule has 21 heavy (non-hydrogen) atoms. The standard InChI is InChI=1S/C18H29ClN2/c1-4-20-17(14-15-8-10-16(19)11-9-15)18(2,3)21-12-6-5-7-13-21/h8-11,17,20H,4-7,12-14H2,1-3H3. The molecule has 1 N–H and O–H groups in total. The lowest BCUT2D eigenvalue weighted by molar-refractivity contribution is 0.0616. The molecule has 1 fully saturated rings. The van der Waals surface area contributed by atoms with Crippen LogP contribution in [0.3, 0.4) is 0 Å². The van der Waals surface area contributed by atoms with E-state index in [4.69, 9.17) is 11.6 Å². The zero-order chi connectivity index (χ0) is 15.3. The molecule has 0 radical (unpaired) electrons.